The SMILES string of the molecule is CCNCCNC(=O)CS(=O)(=O)N1CCN(c2cccc(C)c2)CC1. The maximum atomic E-state index is 12.4. The van der Waals surface area contributed by atoms with Gasteiger partial charge in [0.05, 0.1) is 0 Å². The third kappa shape index (κ3) is 5.98. The maximum absolute atomic E-state index is 12.4. The molecule has 1 saturated heterocycles. The van der Waals surface area contributed by atoms with Gasteiger partial charge in [-0.15, -0.1) is 0 Å². The molecule has 1 aromatic carbocycles. The first kappa shape index (κ1) is 19.7. The van der Waals surface area contributed by atoms with E-state index in [1.165, 1.54) is 9.87 Å². The molecule has 140 valence electrons. The van der Waals surface area contributed by atoms with Gasteiger partial charge in [-0.3, -0.25) is 4.79 Å². The number of benzene rings is 1. The molecule has 1 aliphatic heterocycles. The van der Waals surface area contributed by atoms with Crippen molar-refractivity contribution in [3.63, 3.8) is 0 Å². The van der Waals surface area contributed by atoms with Gasteiger partial charge in [-0.25, -0.2) is 8.42 Å². The van der Waals surface area contributed by atoms with E-state index in [2.05, 4.69) is 21.6 Å². The van der Waals surface area contributed by atoms with E-state index in [0.29, 0.717) is 39.3 Å². The van der Waals surface area contributed by atoms with Gasteiger partial charge in [-0.2, -0.15) is 4.31 Å². The molecule has 2 N–H and O–H groups in total. The van der Waals surface area contributed by atoms with Crippen molar-refractivity contribution < 1.29 is 13.2 Å². The minimum Gasteiger partial charge on any atom is -0.369 e. The second kappa shape index (κ2) is 9.17. The highest BCUT2D eigenvalue weighted by Crippen LogP contribution is 2.18. The van der Waals surface area contributed by atoms with Crippen LogP contribution < -0.4 is 15.5 Å². The van der Waals surface area contributed by atoms with Crippen LogP contribution in [0, 0.1) is 6.92 Å². The van der Waals surface area contributed by atoms with Crippen molar-refractivity contribution in [2.75, 3.05) is 56.5 Å². The Kier molecular flexibility index (Phi) is 7.22. The van der Waals surface area contributed by atoms with Crippen LogP contribution in [0.2, 0.25) is 0 Å². The average Bonchev–Trinajstić information content (AvgIpc) is 2.58. The Morgan fingerprint density at radius 2 is 1.88 bits per heavy atom. The van der Waals surface area contributed by atoms with Crippen molar-refractivity contribution in [2.45, 2.75) is 13.8 Å². The standard InChI is InChI=1S/C17H28N4O3S/c1-3-18-7-8-19-17(22)14-25(23,24)21-11-9-20(10-12-21)16-6-4-5-15(2)13-16/h4-6,13,18H,3,7-12,14H2,1-2H3,(H,19,22). The van der Waals surface area contributed by atoms with Gasteiger partial charge in [-0.05, 0) is 31.2 Å². The fourth-order valence-corrected chi connectivity index (χ4v) is 4.16. The summed E-state index contributed by atoms with van der Waals surface area (Å²) in [6, 6.07) is 8.18. The number of piperazine rings is 1. The molecule has 2 rings (SSSR count). The number of nitrogens with zero attached hydrogens (tertiary/aromatic N) is 2. The molecule has 1 heterocycles. The molecule has 0 aromatic heterocycles. The first-order valence-corrected chi connectivity index (χ1v) is 10.3. The Bertz CT molecular complexity index is 670. The smallest absolute Gasteiger partial charge is 0.236 e. The molecule has 25 heavy (non-hydrogen) atoms. The summed E-state index contributed by atoms with van der Waals surface area (Å²) >= 11 is 0. The van der Waals surface area contributed by atoms with Crippen molar-refractivity contribution in [2.24, 2.45) is 0 Å². The number of likely N-dealkylation sites (N-methyl/N-ethyl adjacent to an activating group) is 1. The number of amides is 1. The van der Waals surface area contributed by atoms with Gasteiger partial charge in [-0.1, -0.05) is 19.1 Å². The fourth-order valence-electron chi connectivity index (χ4n) is 2.82. The second-order valence-corrected chi connectivity index (χ2v) is 8.15. The topological polar surface area (TPSA) is 81.7 Å². The molecule has 1 aromatic rings. The molecule has 0 atom stereocenters. The summed E-state index contributed by atoms with van der Waals surface area (Å²) in [5, 5.41) is 5.71. The van der Waals surface area contributed by atoms with Crippen LogP contribution in [0.15, 0.2) is 24.3 Å². The number of carbonyl (C=O) groups is 1. The van der Waals surface area contributed by atoms with E-state index in [9.17, 15) is 13.2 Å². The zero-order valence-electron chi connectivity index (χ0n) is 15.0. The van der Waals surface area contributed by atoms with Crippen molar-refractivity contribution in [1.29, 1.82) is 0 Å². The van der Waals surface area contributed by atoms with Crippen LogP contribution in [0.3, 0.4) is 0 Å². The van der Waals surface area contributed by atoms with E-state index in [1.807, 2.05) is 32.0 Å². The van der Waals surface area contributed by atoms with Crippen molar-refractivity contribution in [3.05, 3.63) is 29.8 Å². The summed E-state index contributed by atoms with van der Waals surface area (Å²) in [7, 11) is -3.56. The van der Waals surface area contributed by atoms with Crippen LogP contribution in [-0.4, -0.2) is 70.2 Å². The predicted molar refractivity (Wildman–Crippen MR) is 100 cm³/mol. The van der Waals surface area contributed by atoms with Crippen molar-refractivity contribution >= 4 is 21.6 Å². The number of hydrogen-bond donors (Lipinski definition) is 2. The molecule has 7 nitrogen and oxygen atoms in total. The zero-order chi connectivity index (χ0) is 18.3. The lowest BCUT2D eigenvalue weighted by Gasteiger charge is -2.35. The highest BCUT2D eigenvalue weighted by Gasteiger charge is 2.28. The molecular weight excluding hydrogens is 340 g/mol. The summed E-state index contributed by atoms with van der Waals surface area (Å²) in [5.41, 5.74) is 2.29. The fraction of sp³-hybridized carbons (Fsp3) is 0.588. The Hall–Kier alpha value is -1.64. The van der Waals surface area contributed by atoms with Crippen LogP contribution in [0.5, 0.6) is 0 Å². The summed E-state index contributed by atoms with van der Waals surface area (Å²) in [6.07, 6.45) is 0. The van der Waals surface area contributed by atoms with E-state index in [1.54, 1.807) is 0 Å². The van der Waals surface area contributed by atoms with Gasteiger partial charge >= 0.3 is 0 Å². The molecule has 1 aliphatic rings. The minimum absolute atomic E-state index is 0.404. The Balaban J connectivity index is 1.83. The van der Waals surface area contributed by atoms with Crippen LogP contribution in [-0.2, 0) is 14.8 Å². The van der Waals surface area contributed by atoms with Gasteiger partial charge in [0.25, 0.3) is 0 Å². The molecule has 0 spiro atoms. The predicted octanol–water partition coefficient (Wildman–Crippen LogP) is 0.173. The lowest BCUT2D eigenvalue weighted by molar-refractivity contribution is -0.118. The van der Waals surface area contributed by atoms with Crippen molar-refractivity contribution in [1.82, 2.24) is 14.9 Å². The third-order valence-corrected chi connectivity index (χ3v) is 5.97. The highest BCUT2D eigenvalue weighted by atomic mass is 32.2. The van der Waals surface area contributed by atoms with Gasteiger partial charge < -0.3 is 15.5 Å². The van der Waals surface area contributed by atoms with Crippen LogP contribution in [0.1, 0.15) is 12.5 Å². The van der Waals surface area contributed by atoms with Crippen LogP contribution in [0.25, 0.3) is 0 Å². The summed E-state index contributed by atoms with van der Waals surface area (Å²) < 4.78 is 26.2. The zero-order valence-corrected chi connectivity index (χ0v) is 15.8. The number of rotatable bonds is 8. The Labute approximate surface area is 150 Å². The summed E-state index contributed by atoms with van der Waals surface area (Å²) in [4.78, 5) is 14.0. The van der Waals surface area contributed by atoms with Gasteiger partial charge in [0, 0.05) is 45.0 Å². The monoisotopic (exact) mass is 368 g/mol. The molecule has 1 fully saturated rings. The second-order valence-electron chi connectivity index (χ2n) is 6.18. The molecular formula is C17H28N4O3S. The van der Waals surface area contributed by atoms with E-state index in [4.69, 9.17) is 0 Å². The molecule has 0 saturated carbocycles. The third-order valence-electron chi connectivity index (χ3n) is 4.19. The number of aryl methyl sites for hydroxylation is 1. The average molecular weight is 369 g/mol. The quantitative estimate of drug-likeness (QED) is 0.640. The Morgan fingerprint density at radius 1 is 1.16 bits per heavy atom. The molecule has 0 bridgehead atoms. The number of hydrogen-bond acceptors (Lipinski definition) is 5. The van der Waals surface area contributed by atoms with Crippen LogP contribution >= 0.6 is 0 Å². The van der Waals surface area contributed by atoms with Gasteiger partial charge in [0.15, 0.2) is 0 Å². The van der Waals surface area contributed by atoms with E-state index >= 15 is 0 Å². The maximum Gasteiger partial charge on any atom is 0.236 e. The number of nitrogens with one attached hydrogen (secondary N) is 2. The molecule has 0 aliphatic carbocycles. The van der Waals surface area contributed by atoms with E-state index in [-0.39, 0.29) is 0 Å². The lowest BCUT2D eigenvalue weighted by Crippen LogP contribution is -2.50. The lowest BCUT2D eigenvalue weighted by atomic mass is 10.2. The molecule has 0 unspecified atom stereocenters. The van der Waals surface area contributed by atoms with Gasteiger partial charge in [0.1, 0.15) is 5.75 Å². The van der Waals surface area contributed by atoms with Crippen LogP contribution in [0.4, 0.5) is 5.69 Å². The summed E-state index contributed by atoms with van der Waals surface area (Å²) in [5.74, 6) is -0.928. The number of sulfonamides is 1. The molecule has 8 heteroatoms. The van der Waals surface area contributed by atoms with Gasteiger partial charge in [0.2, 0.25) is 15.9 Å². The largest absolute Gasteiger partial charge is 0.369 e. The summed E-state index contributed by atoms with van der Waals surface area (Å²) in [6.45, 7) is 7.97. The number of carbonyl (C=O) groups excluding carboxylic acids is 1. The van der Waals surface area contributed by atoms with E-state index in [0.717, 1.165) is 12.2 Å². The van der Waals surface area contributed by atoms with Crippen molar-refractivity contribution in [3.8, 4) is 0 Å². The molecule has 0 radical (unpaired) electrons. The first-order valence-electron chi connectivity index (χ1n) is 8.69. The number of anilines is 1. The van der Waals surface area contributed by atoms with E-state index < -0.39 is 21.7 Å². The minimum atomic E-state index is -3.56. The highest BCUT2D eigenvalue weighted by molar-refractivity contribution is 7.89. The normalized spacial score (nSPS) is 16.0. The molecule has 1 amide bonds. The Morgan fingerprint density at radius 3 is 2.52 bits per heavy atom. The first-order chi connectivity index (χ1) is 11.9.